The highest BCUT2D eigenvalue weighted by Gasteiger charge is 2.34. The fourth-order valence-electron chi connectivity index (χ4n) is 2.82. The average molecular weight is 224 g/mol. The zero-order valence-corrected chi connectivity index (χ0v) is 11.0. The van der Waals surface area contributed by atoms with Crippen LogP contribution >= 0.6 is 0 Å². The normalized spacial score (nSPS) is 29.2. The summed E-state index contributed by atoms with van der Waals surface area (Å²) < 4.78 is 4.91. The Morgan fingerprint density at radius 3 is 2.75 bits per heavy atom. The molecule has 0 bridgehead atoms. The van der Waals surface area contributed by atoms with E-state index in [-0.39, 0.29) is 5.97 Å². The van der Waals surface area contributed by atoms with Crippen LogP contribution in [0.3, 0.4) is 0 Å². The van der Waals surface area contributed by atoms with Gasteiger partial charge in [-0.1, -0.05) is 39.7 Å². The van der Waals surface area contributed by atoms with Crippen LogP contribution in [0, 0.1) is 17.3 Å². The quantitative estimate of drug-likeness (QED) is 0.541. The first-order valence-corrected chi connectivity index (χ1v) is 6.32. The Balaban J connectivity index is 2.65. The summed E-state index contributed by atoms with van der Waals surface area (Å²) >= 11 is 0. The highest BCUT2D eigenvalue weighted by Crippen LogP contribution is 2.44. The summed E-state index contributed by atoms with van der Waals surface area (Å²) in [5.41, 5.74) is 0.306. The highest BCUT2D eigenvalue weighted by molar-refractivity contribution is 5.81. The number of carbonyl (C=O) groups is 1. The number of ether oxygens (including phenoxy) is 1. The third kappa shape index (κ3) is 3.36. The average Bonchev–Trinajstić information content (AvgIpc) is 2.16. The molecule has 0 N–H and O–H groups in total. The Morgan fingerprint density at radius 2 is 2.19 bits per heavy atom. The second kappa shape index (κ2) is 5.51. The molecule has 92 valence electrons. The van der Waals surface area contributed by atoms with Crippen LogP contribution in [0.5, 0.6) is 0 Å². The third-order valence-electron chi connectivity index (χ3n) is 3.72. The summed E-state index contributed by atoms with van der Waals surface area (Å²) in [6.07, 6.45) is 7.48. The van der Waals surface area contributed by atoms with Crippen molar-refractivity contribution in [3.05, 3.63) is 12.2 Å². The van der Waals surface area contributed by atoms with Gasteiger partial charge in [0.15, 0.2) is 0 Å². The molecule has 0 aliphatic heterocycles. The molecule has 0 spiro atoms. The molecule has 2 nitrogen and oxygen atoms in total. The summed E-state index contributed by atoms with van der Waals surface area (Å²) in [5, 5.41) is 0. The molecule has 0 heterocycles. The van der Waals surface area contributed by atoms with Crippen molar-refractivity contribution in [1.82, 2.24) is 0 Å². The van der Waals surface area contributed by atoms with Crippen LogP contribution in [0.15, 0.2) is 12.2 Å². The standard InChI is InChI=1S/C14H24O2/c1-5-16-13(15)9-8-12-11(2)7-6-10-14(12,3)4/h8-9,11-12H,5-7,10H2,1-4H3/b9-8+/t11-,12+/m1/s1. The monoisotopic (exact) mass is 224 g/mol. The zero-order chi connectivity index (χ0) is 12.2. The number of allylic oxidation sites excluding steroid dienone is 1. The van der Waals surface area contributed by atoms with Crippen LogP contribution in [-0.2, 0) is 9.53 Å². The van der Waals surface area contributed by atoms with Crippen LogP contribution < -0.4 is 0 Å². The summed E-state index contributed by atoms with van der Waals surface area (Å²) in [6, 6.07) is 0. The second-order valence-electron chi connectivity index (χ2n) is 5.50. The van der Waals surface area contributed by atoms with Crippen molar-refractivity contribution < 1.29 is 9.53 Å². The van der Waals surface area contributed by atoms with Crippen molar-refractivity contribution in [3.8, 4) is 0 Å². The number of rotatable bonds is 3. The molecular weight excluding hydrogens is 200 g/mol. The van der Waals surface area contributed by atoms with E-state index in [9.17, 15) is 4.79 Å². The van der Waals surface area contributed by atoms with Gasteiger partial charge < -0.3 is 4.74 Å². The molecule has 0 aromatic carbocycles. The van der Waals surface area contributed by atoms with E-state index in [4.69, 9.17) is 4.74 Å². The third-order valence-corrected chi connectivity index (χ3v) is 3.72. The van der Waals surface area contributed by atoms with Crippen LogP contribution in [0.25, 0.3) is 0 Å². The van der Waals surface area contributed by atoms with E-state index in [0.29, 0.717) is 23.9 Å². The summed E-state index contributed by atoms with van der Waals surface area (Å²) in [6.45, 7) is 9.15. The van der Waals surface area contributed by atoms with Gasteiger partial charge in [0.05, 0.1) is 6.61 Å². The zero-order valence-electron chi connectivity index (χ0n) is 11.0. The minimum Gasteiger partial charge on any atom is -0.463 e. The first-order chi connectivity index (χ1) is 7.47. The maximum Gasteiger partial charge on any atom is 0.330 e. The van der Waals surface area contributed by atoms with E-state index in [1.54, 1.807) is 6.08 Å². The van der Waals surface area contributed by atoms with Crippen LogP contribution in [-0.4, -0.2) is 12.6 Å². The van der Waals surface area contributed by atoms with Crippen LogP contribution in [0.4, 0.5) is 0 Å². The Hall–Kier alpha value is -0.790. The van der Waals surface area contributed by atoms with Crippen LogP contribution in [0.2, 0.25) is 0 Å². The molecule has 1 aliphatic carbocycles. The lowest BCUT2D eigenvalue weighted by molar-refractivity contribution is -0.137. The van der Waals surface area contributed by atoms with Crippen molar-refractivity contribution in [2.75, 3.05) is 6.61 Å². The van der Waals surface area contributed by atoms with E-state index >= 15 is 0 Å². The van der Waals surface area contributed by atoms with E-state index in [0.717, 1.165) is 0 Å². The van der Waals surface area contributed by atoms with Gasteiger partial charge in [0.25, 0.3) is 0 Å². The van der Waals surface area contributed by atoms with Crippen molar-refractivity contribution in [3.63, 3.8) is 0 Å². The molecule has 1 rings (SSSR count). The minimum atomic E-state index is -0.212. The molecule has 0 aromatic heterocycles. The first-order valence-electron chi connectivity index (χ1n) is 6.32. The van der Waals surface area contributed by atoms with Gasteiger partial charge in [-0.25, -0.2) is 4.79 Å². The summed E-state index contributed by atoms with van der Waals surface area (Å²) in [4.78, 5) is 11.3. The number of esters is 1. The largest absolute Gasteiger partial charge is 0.463 e. The van der Waals surface area contributed by atoms with Gasteiger partial charge in [0, 0.05) is 6.08 Å². The Morgan fingerprint density at radius 1 is 1.50 bits per heavy atom. The Kier molecular flexibility index (Phi) is 4.57. The minimum absolute atomic E-state index is 0.212. The molecule has 0 radical (unpaired) electrons. The van der Waals surface area contributed by atoms with Gasteiger partial charge in [-0.15, -0.1) is 0 Å². The lowest BCUT2D eigenvalue weighted by atomic mass is 9.64. The van der Waals surface area contributed by atoms with Gasteiger partial charge in [0.1, 0.15) is 0 Å². The molecular formula is C14H24O2. The highest BCUT2D eigenvalue weighted by atomic mass is 16.5. The molecule has 0 saturated heterocycles. The number of carbonyl (C=O) groups excluding carboxylic acids is 1. The molecule has 2 atom stereocenters. The number of hydrogen-bond donors (Lipinski definition) is 0. The Bertz CT molecular complexity index is 266. The first kappa shape index (κ1) is 13.3. The van der Waals surface area contributed by atoms with E-state index in [1.165, 1.54) is 19.3 Å². The maximum absolute atomic E-state index is 11.3. The van der Waals surface area contributed by atoms with Crippen LogP contribution in [0.1, 0.15) is 47.0 Å². The van der Waals surface area contributed by atoms with Crippen molar-refractivity contribution in [2.45, 2.75) is 47.0 Å². The van der Waals surface area contributed by atoms with Gasteiger partial charge in [-0.3, -0.25) is 0 Å². The maximum atomic E-state index is 11.3. The number of hydrogen-bond acceptors (Lipinski definition) is 2. The molecule has 16 heavy (non-hydrogen) atoms. The summed E-state index contributed by atoms with van der Waals surface area (Å²) in [7, 11) is 0. The van der Waals surface area contributed by atoms with Gasteiger partial charge >= 0.3 is 5.97 Å². The van der Waals surface area contributed by atoms with E-state index in [2.05, 4.69) is 26.8 Å². The van der Waals surface area contributed by atoms with Gasteiger partial charge in [0.2, 0.25) is 0 Å². The fourth-order valence-corrected chi connectivity index (χ4v) is 2.82. The topological polar surface area (TPSA) is 26.3 Å². The molecule has 1 saturated carbocycles. The fraction of sp³-hybridized carbons (Fsp3) is 0.786. The van der Waals surface area contributed by atoms with Gasteiger partial charge in [-0.05, 0) is 30.6 Å². The lowest BCUT2D eigenvalue weighted by Crippen LogP contribution is -2.32. The van der Waals surface area contributed by atoms with E-state index < -0.39 is 0 Å². The Labute approximate surface area is 99.1 Å². The molecule has 0 aromatic rings. The predicted octanol–water partition coefficient (Wildman–Crippen LogP) is 3.57. The summed E-state index contributed by atoms with van der Waals surface area (Å²) in [5.74, 6) is 0.941. The molecule has 2 heteroatoms. The van der Waals surface area contributed by atoms with Crippen molar-refractivity contribution >= 4 is 5.97 Å². The molecule has 1 aliphatic rings. The molecule has 1 fully saturated rings. The second-order valence-corrected chi connectivity index (χ2v) is 5.50. The van der Waals surface area contributed by atoms with Gasteiger partial charge in [-0.2, -0.15) is 0 Å². The lowest BCUT2D eigenvalue weighted by Gasteiger charge is -2.41. The van der Waals surface area contributed by atoms with E-state index in [1.807, 2.05) is 6.92 Å². The smallest absolute Gasteiger partial charge is 0.330 e. The molecule has 0 amide bonds. The SMILES string of the molecule is CCOC(=O)/C=C/[C@H]1[C@H](C)CCCC1(C)C. The van der Waals surface area contributed by atoms with Crippen molar-refractivity contribution in [2.24, 2.45) is 17.3 Å². The molecule has 0 unspecified atom stereocenters. The predicted molar refractivity (Wildman–Crippen MR) is 66.1 cm³/mol. The van der Waals surface area contributed by atoms with Crippen molar-refractivity contribution in [1.29, 1.82) is 0 Å².